The number of carbonyl (C=O) groups excluding carboxylic acids is 2. The summed E-state index contributed by atoms with van der Waals surface area (Å²) in [5.41, 5.74) is 7.50. The van der Waals surface area contributed by atoms with Gasteiger partial charge in [0, 0.05) is 44.2 Å². The minimum atomic E-state index is -0.569. The lowest BCUT2D eigenvalue weighted by Gasteiger charge is -2.36. The number of aliphatic hydroxyl groups is 1. The Morgan fingerprint density at radius 2 is 1.62 bits per heavy atom. The number of aliphatic hydroxyl groups excluding tert-OH is 1. The maximum Gasteiger partial charge on any atom is 0.243 e. The number of hydroxylamine groups is 1. The molecule has 3 aromatic carbocycles. The number of amides is 2. The average Bonchev–Trinajstić information content (AvgIpc) is 3.55. The summed E-state index contributed by atoms with van der Waals surface area (Å²) in [7, 11) is 1.81. The van der Waals surface area contributed by atoms with Crippen molar-refractivity contribution in [3.05, 3.63) is 95.1 Å². The third-order valence-corrected chi connectivity index (χ3v) is 9.35. The molecule has 4 aromatic rings. The molecule has 254 valence electrons. The molecule has 0 aliphatic carbocycles. The van der Waals surface area contributed by atoms with E-state index in [0.29, 0.717) is 31.6 Å². The summed E-state index contributed by atoms with van der Waals surface area (Å²) in [6, 6.07) is 24.1. The predicted octanol–water partition coefficient (Wildman–Crippen LogP) is 5.17. The number of ether oxygens (including phenoxy) is 2. The molecule has 2 heterocycles. The first-order chi connectivity index (χ1) is 23.4. The van der Waals surface area contributed by atoms with E-state index in [0.717, 1.165) is 57.8 Å². The van der Waals surface area contributed by atoms with Crippen LogP contribution in [0.2, 0.25) is 0 Å². The number of benzene rings is 3. The van der Waals surface area contributed by atoms with Crippen LogP contribution in [0.5, 0.6) is 0 Å². The minimum absolute atomic E-state index is 0.00191. The summed E-state index contributed by atoms with van der Waals surface area (Å²) in [6.07, 6.45) is 3.65. The van der Waals surface area contributed by atoms with Gasteiger partial charge in [-0.3, -0.25) is 14.8 Å². The van der Waals surface area contributed by atoms with Gasteiger partial charge >= 0.3 is 0 Å². The van der Waals surface area contributed by atoms with Gasteiger partial charge in [-0.05, 0) is 57.2 Å². The van der Waals surface area contributed by atoms with Crippen LogP contribution in [0.3, 0.4) is 0 Å². The van der Waals surface area contributed by atoms with Crippen molar-refractivity contribution in [2.75, 3.05) is 5.75 Å². The Bertz CT molecular complexity index is 1620. The van der Waals surface area contributed by atoms with Crippen molar-refractivity contribution >= 4 is 23.6 Å². The van der Waals surface area contributed by atoms with Gasteiger partial charge in [0.05, 0.1) is 18.8 Å². The quantitative estimate of drug-likeness (QED) is 0.0540. The van der Waals surface area contributed by atoms with Crippen molar-refractivity contribution in [3.63, 3.8) is 0 Å². The molecular weight excluding hydrogens is 632 g/mol. The summed E-state index contributed by atoms with van der Waals surface area (Å²) in [5, 5.41) is 33.5. The molecule has 0 saturated carbocycles. The van der Waals surface area contributed by atoms with E-state index in [-0.39, 0.29) is 37.0 Å². The van der Waals surface area contributed by atoms with E-state index in [1.165, 1.54) is 0 Å². The summed E-state index contributed by atoms with van der Waals surface area (Å²) in [6.45, 7) is 0.430. The number of rotatable bonds is 16. The maximum atomic E-state index is 12.4. The van der Waals surface area contributed by atoms with E-state index in [1.807, 2.05) is 61.6 Å². The lowest BCUT2D eigenvalue weighted by Crippen LogP contribution is -2.31. The number of thioether (sulfide) groups is 1. The number of tetrazole rings is 1. The fourth-order valence-electron chi connectivity index (χ4n) is 5.50. The maximum absolute atomic E-state index is 12.4. The number of hydrogen-bond acceptors (Lipinski definition) is 10. The third-order valence-electron chi connectivity index (χ3n) is 8.21. The second-order valence-corrected chi connectivity index (χ2v) is 12.8. The normalized spacial score (nSPS) is 17.6. The first-order valence-corrected chi connectivity index (χ1v) is 17.1. The first-order valence-electron chi connectivity index (χ1n) is 16.2. The van der Waals surface area contributed by atoms with Gasteiger partial charge in [-0.1, -0.05) is 91.3 Å². The molecule has 4 N–H and O–H groups in total. The number of nitrogens with zero attached hydrogens (tertiary/aromatic N) is 4. The van der Waals surface area contributed by atoms with Gasteiger partial charge in [-0.25, -0.2) is 10.2 Å². The highest BCUT2D eigenvalue weighted by molar-refractivity contribution is 7.99. The zero-order chi connectivity index (χ0) is 33.7. The van der Waals surface area contributed by atoms with Gasteiger partial charge in [0.15, 0.2) is 6.29 Å². The standard InChI is InChI=1S/C35H42N6O6S/c1-41-35(37-39-40-41)48-23-30-20-31(27-13-11-24(22-42)12-14-27)47-34(46-30)28-17-15-26(16-18-28)29-8-6-7-25(19-29)21-36-32(43)9-4-2-3-5-10-33(44)38-45/h6-8,11-19,30-31,34,42,45H,2-5,9-10,20-23H2,1H3,(H,36,43)(H,38,44)/t30-,31+,34+/m1/s1. The van der Waals surface area contributed by atoms with E-state index in [1.54, 1.807) is 21.9 Å². The Hall–Kier alpha value is -4.14. The summed E-state index contributed by atoms with van der Waals surface area (Å²) in [5.74, 6) is 0.274. The Balaban J connectivity index is 1.18. The van der Waals surface area contributed by atoms with Crippen LogP contribution in [0.1, 0.15) is 79.6 Å². The zero-order valence-electron chi connectivity index (χ0n) is 27.0. The summed E-state index contributed by atoms with van der Waals surface area (Å²) in [4.78, 5) is 23.4. The predicted molar refractivity (Wildman–Crippen MR) is 179 cm³/mol. The van der Waals surface area contributed by atoms with E-state index < -0.39 is 6.29 Å². The topological polar surface area (TPSA) is 161 Å². The molecule has 0 bridgehead atoms. The lowest BCUT2D eigenvalue weighted by molar-refractivity contribution is -0.245. The second kappa shape index (κ2) is 17.9. The molecule has 2 amide bonds. The molecule has 3 atom stereocenters. The average molecular weight is 675 g/mol. The van der Waals surface area contributed by atoms with Gasteiger partial charge in [-0.2, -0.15) is 0 Å². The minimum Gasteiger partial charge on any atom is -0.392 e. The Morgan fingerprint density at radius 1 is 0.896 bits per heavy atom. The molecule has 1 aliphatic heterocycles. The van der Waals surface area contributed by atoms with Crippen molar-refractivity contribution in [2.45, 2.75) is 81.8 Å². The van der Waals surface area contributed by atoms with Crippen LogP contribution in [0, 0.1) is 0 Å². The van der Waals surface area contributed by atoms with Gasteiger partial charge in [-0.15, -0.1) is 5.10 Å². The van der Waals surface area contributed by atoms with Crippen molar-refractivity contribution in [2.24, 2.45) is 7.05 Å². The monoisotopic (exact) mass is 674 g/mol. The molecule has 1 saturated heterocycles. The fourth-order valence-corrected chi connectivity index (χ4v) is 6.36. The van der Waals surface area contributed by atoms with E-state index in [2.05, 4.69) is 39.0 Å². The Morgan fingerprint density at radius 3 is 2.31 bits per heavy atom. The number of aromatic nitrogens is 4. The van der Waals surface area contributed by atoms with Gasteiger partial charge in [0.1, 0.15) is 0 Å². The van der Waals surface area contributed by atoms with Gasteiger partial charge in [0.25, 0.3) is 0 Å². The van der Waals surface area contributed by atoms with Gasteiger partial charge in [0.2, 0.25) is 17.0 Å². The van der Waals surface area contributed by atoms with E-state index in [9.17, 15) is 14.7 Å². The van der Waals surface area contributed by atoms with Crippen molar-refractivity contribution in [1.82, 2.24) is 31.0 Å². The molecule has 0 unspecified atom stereocenters. The van der Waals surface area contributed by atoms with E-state index >= 15 is 0 Å². The highest BCUT2D eigenvalue weighted by atomic mass is 32.2. The molecule has 1 aliphatic rings. The molecule has 0 spiro atoms. The lowest BCUT2D eigenvalue weighted by atomic mass is 9.99. The zero-order valence-corrected chi connectivity index (χ0v) is 27.8. The third kappa shape index (κ3) is 10.2. The number of hydrogen-bond donors (Lipinski definition) is 4. The fraction of sp³-hybridized carbons (Fsp3) is 0.400. The number of aryl methyl sites for hydroxylation is 1. The van der Waals surface area contributed by atoms with Gasteiger partial charge < -0.3 is 19.9 Å². The second-order valence-electron chi connectivity index (χ2n) is 11.8. The van der Waals surface area contributed by atoms with Crippen LogP contribution in [-0.4, -0.2) is 54.2 Å². The van der Waals surface area contributed by atoms with Crippen LogP contribution in [0.15, 0.2) is 78.0 Å². The number of nitrogens with one attached hydrogen (secondary N) is 2. The van der Waals surface area contributed by atoms with Crippen LogP contribution in [0.4, 0.5) is 0 Å². The molecule has 5 rings (SSSR count). The van der Waals surface area contributed by atoms with E-state index in [4.69, 9.17) is 14.7 Å². The van der Waals surface area contributed by atoms with Crippen molar-refractivity contribution in [3.8, 4) is 11.1 Å². The molecule has 1 aromatic heterocycles. The Labute approximate surface area is 284 Å². The van der Waals surface area contributed by atoms with Crippen LogP contribution in [0.25, 0.3) is 11.1 Å². The highest BCUT2D eigenvalue weighted by Gasteiger charge is 2.32. The number of unbranched alkanes of at least 4 members (excludes halogenated alkanes) is 3. The largest absolute Gasteiger partial charge is 0.392 e. The summed E-state index contributed by atoms with van der Waals surface area (Å²) < 4.78 is 14.6. The molecular formula is C35H42N6O6S. The SMILES string of the molecule is Cn1nnnc1SC[C@H]1C[C@@H](c2ccc(CO)cc2)O[C@@H](c2ccc(-c3cccc(CNC(=O)CCCCCCC(=O)NO)c3)cc2)O1. The molecule has 12 nitrogen and oxygen atoms in total. The molecule has 0 radical (unpaired) electrons. The number of carbonyl (C=O) groups is 2. The van der Waals surface area contributed by atoms with Crippen LogP contribution < -0.4 is 10.8 Å². The van der Waals surface area contributed by atoms with Crippen molar-refractivity contribution in [1.29, 1.82) is 0 Å². The van der Waals surface area contributed by atoms with Crippen LogP contribution >= 0.6 is 11.8 Å². The van der Waals surface area contributed by atoms with Crippen molar-refractivity contribution < 1.29 is 29.4 Å². The first kappa shape index (κ1) is 35.2. The molecule has 13 heteroatoms. The molecule has 1 fully saturated rings. The smallest absolute Gasteiger partial charge is 0.243 e. The Kier molecular flexibility index (Phi) is 13.1. The molecule has 48 heavy (non-hydrogen) atoms. The summed E-state index contributed by atoms with van der Waals surface area (Å²) >= 11 is 1.54. The highest BCUT2D eigenvalue weighted by Crippen LogP contribution is 2.39. The van der Waals surface area contributed by atoms with Crippen LogP contribution in [-0.2, 0) is 39.3 Å².